The van der Waals surface area contributed by atoms with Gasteiger partial charge in [0.2, 0.25) is 0 Å². The molecule has 2 aliphatic heterocycles. The van der Waals surface area contributed by atoms with Crippen molar-refractivity contribution in [3.8, 4) is 0 Å². The first-order valence-electron chi connectivity index (χ1n) is 9.76. The SMILES string of the molecule is Fc1ccc(N2N=C(C(F)(F)C(F)(F)F)CC2c2ccnc(N3CCNCC3)c2)c(F)c1. The molecule has 3 heterocycles. The zero-order valence-corrected chi connectivity index (χ0v) is 16.5. The predicted molar refractivity (Wildman–Crippen MR) is 104 cm³/mol. The molecule has 5 nitrogen and oxygen atoms in total. The lowest BCUT2D eigenvalue weighted by atomic mass is 9.99. The highest BCUT2D eigenvalue weighted by Gasteiger charge is 2.63. The zero-order chi connectivity index (χ0) is 23.1. The van der Waals surface area contributed by atoms with E-state index in [0.717, 1.165) is 17.1 Å². The van der Waals surface area contributed by atoms with Crippen molar-refractivity contribution >= 4 is 17.2 Å². The van der Waals surface area contributed by atoms with Crippen LogP contribution in [0.25, 0.3) is 0 Å². The van der Waals surface area contributed by atoms with Crippen molar-refractivity contribution in [1.29, 1.82) is 0 Å². The summed E-state index contributed by atoms with van der Waals surface area (Å²) in [5, 5.41) is 7.38. The van der Waals surface area contributed by atoms with E-state index in [1.54, 1.807) is 6.07 Å². The molecule has 0 radical (unpaired) electrons. The average Bonchev–Trinajstić information content (AvgIpc) is 3.19. The molecule has 2 aliphatic rings. The van der Waals surface area contributed by atoms with Gasteiger partial charge in [-0.2, -0.15) is 27.1 Å². The van der Waals surface area contributed by atoms with Gasteiger partial charge in [-0.15, -0.1) is 0 Å². The van der Waals surface area contributed by atoms with Crippen LogP contribution in [0.15, 0.2) is 41.6 Å². The van der Waals surface area contributed by atoms with Crippen molar-refractivity contribution in [3.05, 3.63) is 53.7 Å². The molecule has 0 bridgehead atoms. The quantitative estimate of drug-likeness (QED) is 0.691. The van der Waals surface area contributed by atoms with E-state index in [9.17, 15) is 30.7 Å². The van der Waals surface area contributed by atoms with E-state index in [1.165, 1.54) is 12.3 Å². The first kappa shape index (κ1) is 22.3. The second-order valence-corrected chi connectivity index (χ2v) is 7.46. The average molecular weight is 461 g/mol. The van der Waals surface area contributed by atoms with Crippen LogP contribution in [0.5, 0.6) is 0 Å². The van der Waals surface area contributed by atoms with Crippen LogP contribution < -0.4 is 15.2 Å². The minimum Gasteiger partial charge on any atom is -0.354 e. The largest absolute Gasteiger partial charge is 0.459 e. The maximum Gasteiger partial charge on any atom is 0.459 e. The number of benzene rings is 1. The van der Waals surface area contributed by atoms with Gasteiger partial charge in [0.25, 0.3) is 0 Å². The van der Waals surface area contributed by atoms with Gasteiger partial charge in [0.05, 0.1) is 11.7 Å². The lowest BCUT2D eigenvalue weighted by Crippen LogP contribution is -2.44. The van der Waals surface area contributed by atoms with Gasteiger partial charge >= 0.3 is 12.1 Å². The number of alkyl halides is 5. The summed E-state index contributed by atoms with van der Waals surface area (Å²) in [6.45, 7) is 2.66. The number of nitrogens with zero attached hydrogens (tertiary/aromatic N) is 4. The fourth-order valence-electron chi connectivity index (χ4n) is 3.72. The zero-order valence-electron chi connectivity index (χ0n) is 16.5. The molecule has 1 unspecified atom stereocenters. The number of hydrogen-bond acceptors (Lipinski definition) is 5. The van der Waals surface area contributed by atoms with Gasteiger partial charge in [-0.05, 0) is 29.8 Å². The fraction of sp³-hybridized carbons (Fsp3) is 0.400. The lowest BCUT2D eigenvalue weighted by Gasteiger charge is -2.30. The third kappa shape index (κ3) is 4.10. The molecule has 4 rings (SSSR count). The highest BCUT2D eigenvalue weighted by molar-refractivity contribution is 5.95. The topological polar surface area (TPSA) is 43.8 Å². The Morgan fingerprint density at radius 3 is 2.34 bits per heavy atom. The molecule has 1 aromatic carbocycles. The number of rotatable bonds is 4. The smallest absolute Gasteiger partial charge is 0.354 e. The summed E-state index contributed by atoms with van der Waals surface area (Å²) in [6, 6.07) is 4.20. The molecule has 0 amide bonds. The lowest BCUT2D eigenvalue weighted by molar-refractivity contribution is -0.249. The molecule has 0 aliphatic carbocycles. The Hall–Kier alpha value is -2.89. The third-order valence-corrected chi connectivity index (χ3v) is 5.38. The second kappa shape index (κ2) is 8.23. The van der Waals surface area contributed by atoms with Gasteiger partial charge in [-0.1, -0.05) is 0 Å². The number of piperazine rings is 1. The molecule has 1 N–H and O–H groups in total. The van der Waals surface area contributed by atoms with E-state index in [0.29, 0.717) is 43.6 Å². The number of halogens is 7. The minimum atomic E-state index is -5.86. The first-order valence-corrected chi connectivity index (χ1v) is 9.76. The standard InChI is InChI=1S/C20H18F7N5/c21-13-1-2-15(14(22)10-13)32-16(11-17(30-32)19(23,24)20(25,26)27)12-3-4-29-18(9-12)31-7-5-28-6-8-31/h1-4,9-10,16,28H,5-8,11H2. The highest BCUT2D eigenvalue weighted by atomic mass is 19.4. The van der Waals surface area contributed by atoms with Crippen molar-refractivity contribution in [2.75, 3.05) is 36.1 Å². The van der Waals surface area contributed by atoms with E-state index in [2.05, 4.69) is 15.4 Å². The van der Waals surface area contributed by atoms with Gasteiger partial charge in [0, 0.05) is 44.9 Å². The van der Waals surface area contributed by atoms with Crippen LogP contribution in [0, 0.1) is 11.6 Å². The number of hydrogen-bond donors (Lipinski definition) is 1. The molecule has 0 spiro atoms. The van der Waals surface area contributed by atoms with Gasteiger partial charge in [-0.25, -0.2) is 13.8 Å². The highest BCUT2D eigenvalue weighted by Crippen LogP contribution is 2.45. The van der Waals surface area contributed by atoms with Crippen molar-refractivity contribution < 1.29 is 30.7 Å². The van der Waals surface area contributed by atoms with Crippen LogP contribution in [0.3, 0.4) is 0 Å². The molecular formula is C20H18F7N5. The van der Waals surface area contributed by atoms with Gasteiger partial charge in [0.1, 0.15) is 17.3 Å². The molecule has 1 atom stereocenters. The molecular weight excluding hydrogens is 443 g/mol. The molecule has 32 heavy (non-hydrogen) atoms. The van der Waals surface area contributed by atoms with Gasteiger partial charge in [-0.3, -0.25) is 5.01 Å². The maximum atomic E-state index is 14.4. The number of nitrogens with one attached hydrogen (secondary N) is 1. The maximum absolute atomic E-state index is 14.4. The molecule has 1 fully saturated rings. The molecule has 172 valence electrons. The summed E-state index contributed by atoms with van der Waals surface area (Å²) in [5.41, 5.74) is -1.53. The monoisotopic (exact) mass is 461 g/mol. The summed E-state index contributed by atoms with van der Waals surface area (Å²) in [7, 11) is 0. The normalized spacial score (nSPS) is 20.0. The van der Waals surface area contributed by atoms with Crippen molar-refractivity contribution in [1.82, 2.24) is 10.3 Å². The summed E-state index contributed by atoms with van der Waals surface area (Å²) in [6.07, 6.45) is -5.25. The van der Waals surface area contributed by atoms with Crippen molar-refractivity contribution in [3.63, 3.8) is 0 Å². The number of hydrazone groups is 1. The molecule has 12 heteroatoms. The summed E-state index contributed by atoms with van der Waals surface area (Å²) >= 11 is 0. The summed E-state index contributed by atoms with van der Waals surface area (Å²) < 4.78 is 94.9. The van der Waals surface area contributed by atoms with E-state index >= 15 is 0 Å². The van der Waals surface area contributed by atoms with Gasteiger partial charge < -0.3 is 10.2 Å². The van der Waals surface area contributed by atoms with E-state index in [1.807, 2.05) is 4.90 Å². The second-order valence-electron chi connectivity index (χ2n) is 7.46. The third-order valence-electron chi connectivity index (χ3n) is 5.38. The Bertz CT molecular complexity index is 1020. The predicted octanol–water partition coefficient (Wildman–Crippen LogP) is 4.27. The van der Waals surface area contributed by atoms with Crippen LogP contribution in [-0.4, -0.2) is 49.0 Å². The summed E-state index contributed by atoms with van der Waals surface area (Å²) in [5.74, 6) is -6.74. The Morgan fingerprint density at radius 1 is 0.969 bits per heavy atom. The Kier molecular flexibility index (Phi) is 5.74. The Balaban J connectivity index is 1.75. The fourth-order valence-corrected chi connectivity index (χ4v) is 3.72. The van der Waals surface area contributed by atoms with Crippen LogP contribution in [0.4, 0.5) is 42.2 Å². The first-order chi connectivity index (χ1) is 15.1. The van der Waals surface area contributed by atoms with E-state index < -0.39 is 47.6 Å². The van der Waals surface area contributed by atoms with Crippen LogP contribution in [-0.2, 0) is 0 Å². The number of pyridine rings is 1. The molecule has 0 saturated carbocycles. The van der Waals surface area contributed by atoms with E-state index in [-0.39, 0.29) is 0 Å². The van der Waals surface area contributed by atoms with Crippen molar-refractivity contribution in [2.45, 2.75) is 24.6 Å². The van der Waals surface area contributed by atoms with Crippen LogP contribution >= 0.6 is 0 Å². The summed E-state index contributed by atoms with van der Waals surface area (Å²) in [4.78, 5) is 6.19. The Morgan fingerprint density at radius 2 is 1.69 bits per heavy atom. The molecule has 1 aromatic heterocycles. The number of aromatic nitrogens is 1. The van der Waals surface area contributed by atoms with E-state index in [4.69, 9.17) is 0 Å². The minimum absolute atomic E-state index is 0.328. The van der Waals surface area contributed by atoms with Crippen molar-refractivity contribution in [2.24, 2.45) is 5.10 Å². The number of anilines is 2. The van der Waals surface area contributed by atoms with Crippen LogP contribution in [0.2, 0.25) is 0 Å². The van der Waals surface area contributed by atoms with Gasteiger partial charge in [0.15, 0.2) is 5.82 Å². The Labute approximate surface area is 178 Å². The molecule has 1 saturated heterocycles. The molecule has 2 aromatic rings. The van der Waals surface area contributed by atoms with Crippen LogP contribution in [0.1, 0.15) is 18.0 Å².